The number of hydrogen-bond acceptors (Lipinski definition) is 2. The van der Waals surface area contributed by atoms with Gasteiger partial charge in [-0.3, -0.25) is 0 Å². The van der Waals surface area contributed by atoms with Crippen molar-refractivity contribution in [2.24, 2.45) is 0 Å². The molecule has 0 aliphatic heterocycles. The first-order valence-corrected chi connectivity index (χ1v) is 6.60. The summed E-state index contributed by atoms with van der Waals surface area (Å²) in [7, 11) is 1.47. The standard InChI is InChI=1S/C15H14O3.C2H6/c1-10-3-5-11(6-4-10)12-7-8-14(18-2)13(9-12)15(16)17;1-2/h3-9H,1-2H3,(H,16,17);1-2H3. The number of carboxylic acid groups (broad SMARTS) is 1. The molecule has 0 radical (unpaired) electrons. The first-order valence-electron chi connectivity index (χ1n) is 6.60. The average Bonchev–Trinajstić information content (AvgIpc) is 2.49. The van der Waals surface area contributed by atoms with Gasteiger partial charge in [0.15, 0.2) is 0 Å². The van der Waals surface area contributed by atoms with Gasteiger partial charge in [0.2, 0.25) is 0 Å². The van der Waals surface area contributed by atoms with Gasteiger partial charge in [-0.2, -0.15) is 0 Å². The molecule has 3 heteroatoms. The number of aryl methyl sites for hydroxylation is 1. The normalized spacial score (nSPS) is 9.40. The Labute approximate surface area is 119 Å². The molecule has 0 saturated heterocycles. The molecule has 2 aromatic rings. The van der Waals surface area contributed by atoms with Crippen molar-refractivity contribution in [3.63, 3.8) is 0 Å². The number of carboxylic acids is 1. The van der Waals surface area contributed by atoms with Crippen LogP contribution in [0.5, 0.6) is 5.75 Å². The summed E-state index contributed by atoms with van der Waals surface area (Å²) in [6.07, 6.45) is 0. The first-order chi connectivity index (χ1) is 9.61. The van der Waals surface area contributed by atoms with Gasteiger partial charge in [0.05, 0.1) is 7.11 Å². The molecule has 20 heavy (non-hydrogen) atoms. The molecule has 3 nitrogen and oxygen atoms in total. The molecule has 0 aliphatic rings. The minimum absolute atomic E-state index is 0.176. The minimum atomic E-state index is -0.985. The zero-order valence-electron chi connectivity index (χ0n) is 12.3. The molecule has 0 heterocycles. The average molecular weight is 272 g/mol. The number of ether oxygens (including phenoxy) is 1. The largest absolute Gasteiger partial charge is 0.496 e. The van der Waals surface area contributed by atoms with Crippen LogP contribution in [0.1, 0.15) is 29.8 Å². The van der Waals surface area contributed by atoms with E-state index in [9.17, 15) is 4.79 Å². The highest BCUT2D eigenvalue weighted by molar-refractivity contribution is 5.92. The second-order valence-electron chi connectivity index (χ2n) is 4.09. The van der Waals surface area contributed by atoms with Crippen LogP contribution in [0.2, 0.25) is 0 Å². The fourth-order valence-electron chi connectivity index (χ4n) is 1.80. The van der Waals surface area contributed by atoms with Crippen molar-refractivity contribution in [3.05, 3.63) is 53.6 Å². The maximum atomic E-state index is 11.1. The number of benzene rings is 2. The summed E-state index contributed by atoms with van der Waals surface area (Å²) < 4.78 is 5.04. The Bertz CT molecular complexity index is 571. The topological polar surface area (TPSA) is 46.5 Å². The zero-order chi connectivity index (χ0) is 15.1. The Morgan fingerprint density at radius 3 is 2.05 bits per heavy atom. The van der Waals surface area contributed by atoms with E-state index >= 15 is 0 Å². The monoisotopic (exact) mass is 272 g/mol. The molecule has 0 atom stereocenters. The Hall–Kier alpha value is -2.29. The van der Waals surface area contributed by atoms with Gasteiger partial charge in [-0.15, -0.1) is 0 Å². The van der Waals surface area contributed by atoms with Crippen molar-refractivity contribution in [1.29, 1.82) is 0 Å². The highest BCUT2D eigenvalue weighted by Crippen LogP contribution is 2.26. The highest BCUT2D eigenvalue weighted by atomic mass is 16.5. The Balaban J connectivity index is 0.000000956. The van der Waals surface area contributed by atoms with E-state index < -0.39 is 5.97 Å². The third-order valence-corrected chi connectivity index (χ3v) is 2.81. The van der Waals surface area contributed by atoms with Crippen LogP contribution in [0, 0.1) is 6.92 Å². The Morgan fingerprint density at radius 2 is 1.55 bits per heavy atom. The van der Waals surface area contributed by atoms with Crippen LogP contribution in [0.15, 0.2) is 42.5 Å². The Kier molecular flexibility index (Phi) is 5.78. The predicted molar refractivity (Wildman–Crippen MR) is 81.5 cm³/mol. The highest BCUT2D eigenvalue weighted by Gasteiger charge is 2.12. The van der Waals surface area contributed by atoms with Crippen LogP contribution >= 0.6 is 0 Å². The summed E-state index contributed by atoms with van der Waals surface area (Å²) in [6.45, 7) is 6.01. The van der Waals surface area contributed by atoms with E-state index in [0.717, 1.165) is 11.1 Å². The number of rotatable bonds is 3. The van der Waals surface area contributed by atoms with Gasteiger partial charge < -0.3 is 9.84 Å². The van der Waals surface area contributed by atoms with Crippen LogP contribution in [-0.2, 0) is 0 Å². The minimum Gasteiger partial charge on any atom is -0.496 e. The molecule has 106 valence electrons. The molecule has 2 aromatic carbocycles. The maximum Gasteiger partial charge on any atom is 0.339 e. The van der Waals surface area contributed by atoms with E-state index in [2.05, 4.69) is 0 Å². The van der Waals surface area contributed by atoms with Crippen LogP contribution in [-0.4, -0.2) is 18.2 Å². The zero-order valence-corrected chi connectivity index (χ0v) is 12.3. The summed E-state index contributed by atoms with van der Waals surface area (Å²) in [6, 6.07) is 13.1. The second kappa shape index (κ2) is 7.34. The first kappa shape index (κ1) is 15.8. The molecule has 2 rings (SSSR count). The van der Waals surface area contributed by atoms with E-state index in [1.54, 1.807) is 12.1 Å². The summed E-state index contributed by atoms with van der Waals surface area (Å²) in [5, 5.41) is 9.13. The van der Waals surface area contributed by atoms with Crippen molar-refractivity contribution in [2.75, 3.05) is 7.11 Å². The summed E-state index contributed by atoms with van der Waals surface area (Å²) in [5.74, 6) is -0.612. The smallest absolute Gasteiger partial charge is 0.339 e. The molecule has 0 aliphatic carbocycles. The summed E-state index contributed by atoms with van der Waals surface area (Å²) in [4.78, 5) is 11.1. The second-order valence-corrected chi connectivity index (χ2v) is 4.09. The molecule has 0 unspecified atom stereocenters. The third kappa shape index (κ3) is 3.60. The summed E-state index contributed by atoms with van der Waals surface area (Å²) >= 11 is 0. The quantitative estimate of drug-likeness (QED) is 0.901. The van der Waals surface area contributed by atoms with Gasteiger partial charge in [0.1, 0.15) is 11.3 Å². The Morgan fingerprint density at radius 1 is 1.00 bits per heavy atom. The molecule has 1 N–H and O–H groups in total. The molecule has 0 amide bonds. The SMILES string of the molecule is CC.COc1ccc(-c2ccc(C)cc2)cc1C(=O)O. The molecular formula is C17H20O3. The van der Waals surface area contributed by atoms with E-state index in [-0.39, 0.29) is 5.56 Å². The molecule has 0 saturated carbocycles. The van der Waals surface area contributed by atoms with Gasteiger partial charge >= 0.3 is 5.97 Å². The lowest BCUT2D eigenvalue weighted by Gasteiger charge is -2.08. The van der Waals surface area contributed by atoms with Gasteiger partial charge in [-0.1, -0.05) is 49.7 Å². The lowest BCUT2D eigenvalue weighted by atomic mass is 10.0. The van der Waals surface area contributed by atoms with Crippen LogP contribution < -0.4 is 4.74 Å². The fraction of sp³-hybridized carbons (Fsp3) is 0.235. The van der Waals surface area contributed by atoms with E-state index in [0.29, 0.717) is 5.75 Å². The van der Waals surface area contributed by atoms with E-state index in [4.69, 9.17) is 9.84 Å². The third-order valence-electron chi connectivity index (χ3n) is 2.81. The van der Waals surface area contributed by atoms with Gasteiger partial charge in [-0.25, -0.2) is 4.79 Å². The van der Waals surface area contributed by atoms with Crippen molar-refractivity contribution in [2.45, 2.75) is 20.8 Å². The fourth-order valence-corrected chi connectivity index (χ4v) is 1.80. The summed E-state index contributed by atoms with van der Waals surface area (Å²) in [5.41, 5.74) is 3.21. The van der Waals surface area contributed by atoms with Crippen molar-refractivity contribution < 1.29 is 14.6 Å². The molecular weight excluding hydrogens is 252 g/mol. The van der Waals surface area contributed by atoms with Gasteiger partial charge in [0.25, 0.3) is 0 Å². The van der Waals surface area contributed by atoms with E-state index in [1.165, 1.54) is 12.7 Å². The lowest BCUT2D eigenvalue weighted by Crippen LogP contribution is -2.00. The maximum absolute atomic E-state index is 11.1. The lowest BCUT2D eigenvalue weighted by molar-refractivity contribution is 0.0693. The van der Waals surface area contributed by atoms with Crippen LogP contribution in [0.4, 0.5) is 0 Å². The molecule has 0 bridgehead atoms. The number of hydrogen-bond donors (Lipinski definition) is 1. The number of methoxy groups -OCH3 is 1. The van der Waals surface area contributed by atoms with E-state index in [1.807, 2.05) is 51.1 Å². The molecule has 0 spiro atoms. The van der Waals surface area contributed by atoms with Crippen molar-refractivity contribution >= 4 is 5.97 Å². The van der Waals surface area contributed by atoms with Crippen molar-refractivity contribution in [3.8, 4) is 16.9 Å². The van der Waals surface area contributed by atoms with Crippen LogP contribution in [0.25, 0.3) is 11.1 Å². The molecule has 0 fully saturated rings. The number of aromatic carboxylic acids is 1. The molecule has 0 aromatic heterocycles. The van der Waals surface area contributed by atoms with Gasteiger partial charge in [-0.05, 0) is 30.2 Å². The number of carbonyl (C=O) groups is 1. The van der Waals surface area contributed by atoms with Crippen molar-refractivity contribution in [1.82, 2.24) is 0 Å². The van der Waals surface area contributed by atoms with Gasteiger partial charge in [0, 0.05) is 0 Å². The van der Waals surface area contributed by atoms with Crippen LogP contribution in [0.3, 0.4) is 0 Å². The predicted octanol–water partition coefficient (Wildman–Crippen LogP) is 4.40.